The van der Waals surface area contributed by atoms with Crippen LogP contribution in [0, 0.1) is 13.8 Å². The molecule has 2 aromatic heterocycles. The molecule has 2 N–H and O–H groups in total. The van der Waals surface area contributed by atoms with Crippen LogP contribution in [0.5, 0.6) is 0 Å². The number of nitrogens with one attached hydrogen (secondary N) is 2. The molecule has 2 aromatic rings. The number of hydrogen-bond donors (Lipinski definition) is 2. The number of rotatable bonds is 4. The van der Waals surface area contributed by atoms with E-state index in [1.165, 1.54) is 0 Å². The Morgan fingerprint density at radius 3 is 2.40 bits per heavy atom. The van der Waals surface area contributed by atoms with Crippen molar-refractivity contribution < 1.29 is 0 Å². The van der Waals surface area contributed by atoms with Crippen LogP contribution in [0.15, 0.2) is 29.3 Å². The summed E-state index contributed by atoms with van der Waals surface area (Å²) in [5.41, 5.74) is 2.53. The van der Waals surface area contributed by atoms with Gasteiger partial charge >= 0.3 is 0 Å². The smallest absolute Gasteiger partial charge is 0.255 e. The van der Waals surface area contributed by atoms with Gasteiger partial charge in [-0.3, -0.25) is 9.78 Å². The lowest BCUT2D eigenvalue weighted by Gasteiger charge is -2.21. The fourth-order valence-electron chi connectivity index (χ4n) is 2.45. The Balaban J connectivity index is 2.21. The van der Waals surface area contributed by atoms with Gasteiger partial charge in [-0.05, 0) is 45.4 Å². The molecule has 0 aliphatic carbocycles. The molecule has 1 unspecified atom stereocenters. The molecule has 2 atom stereocenters. The molecule has 20 heavy (non-hydrogen) atoms. The second-order valence-electron chi connectivity index (χ2n) is 5.04. The van der Waals surface area contributed by atoms with Crippen LogP contribution in [0.2, 0.25) is 0 Å². The van der Waals surface area contributed by atoms with Gasteiger partial charge in [0.1, 0.15) is 5.82 Å². The van der Waals surface area contributed by atoms with E-state index in [9.17, 15) is 4.79 Å². The second kappa shape index (κ2) is 5.96. The van der Waals surface area contributed by atoms with Crippen LogP contribution in [0.3, 0.4) is 0 Å². The Hall–Kier alpha value is -2.01. The molecule has 5 heteroatoms. The average Bonchev–Trinajstić information content (AvgIpc) is 2.38. The van der Waals surface area contributed by atoms with Crippen LogP contribution in [0.1, 0.15) is 48.6 Å². The molecule has 2 heterocycles. The van der Waals surface area contributed by atoms with Crippen molar-refractivity contribution in [1.82, 2.24) is 20.3 Å². The topological polar surface area (TPSA) is 70.7 Å². The van der Waals surface area contributed by atoms with Crippen LogP contribution in [0.25, 0.3) is 0 Å². The standard InChI is InChI=1S/C15H20N4O/c1-9(13-5-7-16-8-6-13)17-10(2)14-11(3)18-12(4)19-15(14)20/h5-10,17H,1-4H3,(H,18,19,20)/t9-,10?/m1/s1. The van der Waals surface area contributed by atoms with Gasteiger partial charge < -0.3 is 10.3 Å². The predicted molar refractivity (Wildman–Crippen MR) is 78.5 cm³/mol. The minimum Gasteiger partial charge on any atom is -0.310 e. The van der Waals surface area contributed by atoms with E-state index in [2.05, 4.69) is 27.2 Å². The van der Waals surface area contributed by atoms with Crippen molar-refractivity contribution in [3.05, 3.63) is 57.5 Å². The monoisotopic (exact) mass is 272 g/mol. The van der Waals surface area contributed by atoms with Crippen LogP contribution in [-0.4, -0.2) is 15.0 Å². The third-order valence-electron chi connectivity index (χ3n) is 3.40. The van der Waals surface area contributed by atoms with E-state index in [4.69, 9.17) is 0 Å². The molecule has 5 nitrogen and oxygen atoms in total. The molecular weight excluding hydrogens is 252 g/mol. The maximum Gasteiger partial charge on any atom is 0.255 e. The summed E-state index contributed by atoms with van der Waals surface area (Å²) < 4.78 is 0. The summed E-state index contributed by atoms with van der Waals surface area (Å²) in [6, 6.07) is 3.99. The molecule has 0 radical (unpaired) electrons. The van der Waals surface area contributed by atoms with Gasteiger partial charge in [-0.25, -0.2) is 4.98 Å². The highest BCUT2D eigenvalue weighted by Crippen LogP contribution is 2.18. The summed E-state index contributed by atoms with van der Waals surface area (Å²) in [5.74, 6) is 0.644. The third kappa shape index (κ3) is 3.11. The molecule has 0 bridgehead atoms. The van der Waals surface area contributed by atoms with E-state index < -0.39 is 0 Å². The Morgan fingerprint density at radius 1 is 1.15 bits per heavy atom. The van der Waals surface area contributed by atoms with Gasteiger partial charge in [-0.2, -0.15) is 0 Å². The first-order valence-corrected chi connectivity index (χ1v) is 6.72. The number of H-pyrrole nitrogens is 1. The van der Waals surface area contributed by atoms with E-state index in [0.29, 0.717) is 11.4 Å². The summed E-state index contributed by atoms with van der Waals surface area (Å²) in [6.45, 7) is 7.70. The zero-order valence-electron chi connectivity index (χ0n) is 12.3. The number of pyridine rings is 1. The van der Waals surface area contributed by atoms with Crippen molar-refractivity contribution in [2.75, 3.05) is 0 Å². The van der Waals surface area contributed by atoms with Crippen molar-refractivity contribution in [3.63, 3.8) is 0 Å². The van der Waals surface area contributed by atoms with Gasteiger partial charge in [-0.1, -0.05) is 0 Å². The lowest BCUT2D eigenvalue weighted by Crippen LogP contribution is -2.29. The molecule has 0 spiro atoms. The Bertz CT molecular complexity index is 636. The molecule has 2 rings (SSSR count). The van der Waals surface area contributed by atoms with Gasteiger partial charge in [0, 0.05) is 30.2 Å². The molecule has 0 amide bonds. The average molecular weight is 272 g/mol. The summed E-state index contributed by atoms with van der Waals surface area (Å²) in [7, 11) is 0. The van der Waals surface area contributed by atoms with Crippen LogP contribution in [0.4, 0.5) is 0 Å². The van der Waals surface area contributed by atoms with E-state index in [1.54, 1.807) is 19.3 Å². The molecule has 0 aliphatic rings. The van der Waals surface area contributed by atoms with Gasteiger partial charge in [0.2, 0.25) is 0 Å². The van der Waals surface area contributed by atoms with Crippen molar-refractivity contribution in [3.8, 4) is 0 Å². The van der Waals surface area contributed by atoms with Crippen molar-refractivity contribution in [2.45, 2.75) is 39.8 Å². The zero-order valence-corrected chi connectivity index (χ0v) is 12.3. The Labute approximate surface area is 118 Å². The van der Waals surface area contributed by atoms with Crippen LogP contribution >= 0.6 is 0 Å². The quantitative estimate of drug-likeness (QED) is 0.895. The summed E-state index contributed by atoms with van der Waals surface area (Å²) >= 11 is 0. The maximum atomic E-state index is 12.1. The van der Waals surface area contributed by atoms with E-state index in [0.717, 1.165) is 11.3 Å². The normalized spacial score (nSPS) is 14.0. The van der Waals surface area contributed by atoms with Gasteiger partial charge in [-0.15, -0.1) is 0 Å². The highest BCUT2D eigenvalue weighted by atomic mass is 16.1. The number of aryl methyl sites for hydroxylation is 2. The van der Waals surface area contributed by atoms with Crippen LogP contribution < -0.4 is 10.9 Å². The second-order valence-corrected chi connectivity index (χ2v) is 5.04. The highest BCUT2D eigenvalue weighted by molar-refractivity contribution is 5.21. The van der Waals surface area contributed by atoms with Crippen molar-refractivity contribution >= 4 is 0 Å². The molecule has 0 aromatic carbocycles. The summed E-state index contributed by atoms with van der Waals surface area (Å²) in [5, 5.41) is 3.43. The number of aromatic nitrogens is 3. The molecule has 0 aliphatic heterocycles. The maximum absolute atomic E-state index is 12.1. The van der Waals surface area contributed by atoms with Gasteiger partial charge in [0.05, 0.1) is 5.56 Å². The fraction of sp³-hybridized carbons (Fsp3) is 0.400. The molecule has 0 saturated heterocycles. The van der Waals surface area contributed by atoms with E-state index >= 15 is 0 Å². The number of aromatic amines is 1. The van der Waals surface area contributed by atoms with Crippen molar-refractivity contribution in [2.24, 2.45) is 0 Å². The minimum absolute atomic E-state index is 0.0723. The zero-order chi connectivity index (χ0) is 14.7. The lowest BCUT2D eigenvalue weighted by molar-refractivity contribution is 0.487. The van der Waals surface area contributed by atoms with Gasteiger partial charge in [0.15, 0.2) is 0 Å². The fourth-order valence-corrected chi connectivity index (χ4v) is 2.45. The molecular formula is C15H20N4O. The van der Waals surface area contributed by atoms with E-state index in [1.807, 2.05) is 26.0 Å². The first kappa shape index (κ1) is 14.4. The summed E-state index contributed by atoms with van der Waals surface area (Å²) in [4.78, 5) is 23.2. The first-order chi connectivity index (χ1) is 9.49. The highest BCUT2D eigenvalue weighted by Gasteiger charge is 2.17. The number of nitrogens with zero attached hydrogens (tertiary/aromatic N) is 2. The predicted octanol–water partition coefficient (Wildman–Crippen LogP) is 2.19. The largest absolute Gasteiger partial charge is 0.310 e. The third-order valence-corrected chi connectivity index (χ3v) is 3.40. The molecule has 0 fully saturated rings. The van der Waals surface area contributed by atoms with Gasteiger partial charge in [0.25, 0.3) is 5.56 Å². The van der Waals surface area contributed by atoms with E-state index in [-0.39, 0.29) is 17.6 Å². The first-order valence-electron chi connectivity index (χ1n) is 6.72. The molecule has 0 saturated carbocycles. The Kier molecular flexibility index (Phi) is 4.29. The van der Waals surface area contributed by atoms with Crippen molar-refractivity contribution in [1.29, 1.82) is 0 Å². The Morgan fingerprint density at radius 2 is 1.80 bits per heavy atom. The summed E-state index contributed by atoms with van der Waals surface area (Å²) in [6.07, 6.45) is 3.54. The lowest BCUT2D eigenvalue weighted by atomic mass is 10.1. The van der Waals surface area contributed by atoms with Crippen LogP contribution in [-0.2, 0) is 0 Å². The number of hydrogen-bond acceptors (Lipinski definition) is 4. The SMILES string of the molecule is Cc1nc(C)c(C(C)N[C@H](C)c2ccncc2)c(=O)[nH]1. The molecule has 106 valence electrons. The minimum atomic E-state index is -0.0741.